The number of nitrogens with zero attached hydrogens (tertiary/aromatic N) is 1. The van der Waals surface area contributed by atoms with Gasteiger partial charge in [-0.25, -0.2) is 0 Å². The zero-order chi connectivity index (χ0) is 19.2. The van der Waals surface area contributed by atoms with Crippen molar-refractivity contribution >= 4 is 11.8 Å². The lowest BCUT2D eigenvalue weighted by atomic mass is 9.95. The molecule has 27 heavy (non-hydrogen) atoms. The van der Waals surface area contributed by atoms with Crippen molar-refractivity contribution < 1.29 is 23.8 Å². The van der Waals surface area contributed by atoms with E-state index in [2.05, 4.69) is 5.32 Å². The van der Waals surface area contributed by atoms with E-state index >= 15 is 0 Å². The van der Waals surface area contributed by atoms with Crippen LogP contribution in [0.4, 0.5) is 0 Å². The van der Waals surface area contributed by atoms with E-state index in [1.54, 1.807) is 7.11 Å². The molecule has 1 aromatic rings. The topological polar surface area (TPSA) is 77.1 Å². The zero-order valence-electron chi connectivity index (χ0n) is 16.0. The molecule has 0 radical (unpaired) electrons. The van der Waals surface area contributed by atoms with Crippen LogP contribution in [-0.4, -0.2) is 56.4 Å². The van der Waals surface area contributed by atoms with E-state index < -0.39 is 0 Å². The number of methoxy groups -OCH3 is 1. The smallest absolute Gasteiger partial charge is 0.224 e. The molecule has 148 valence electrons. The van der Waals surface area contributed by atoms with Gasteiger partial charge in [-0.05, 0) is 30.5 Å². The molecule has 2 fully saturated rings. The maximum Gasteiger partial charge on any atom is 0.224 e. The Morgan fingerprint density at radius 3 is 2.37 bits per heavy atom. The zero-order valence-corrected chi connectivity index (χ0v) is 16.0. The molecule has 0 spiro atoms. The fraction of sp³-hybridized carbons (Fsp3) is 0.600. The molecule has 7 heteroatoms. The van der Waals surface area contributed by atoms with E-state index in [0.29, 0.717) is 32.2 Å². The van der Waals surface area contributed by atoms with Gasteiger partial charge in [0, 0.05) is 25.9 Å². The third kappa shape index (κ3) is 5.20. The van der Waals surface area contributed by atoms with Gasteiger partial charge in [0.25, 0.3) is 0 Å². The van der Waals surface area contributed by atoms with Crippen molar-refractivity contribution in [3.63, 3.8) is 0 Å². The lowest BCUT2D eigenvalue weighted by molar-refractivity contribution is -0.137. The van der Waals surface area contributed by atoms with Crippen LogP contribution in [0.3, 0.4) is 0 Å². The maximum atomic E-state index is 12.8. The number of nitrogens with one attached hydrogen (secondary N) is 1. The Hall–Kier alpha value is -2.12. The summed E-state index contributed by atoms with van der Waals surface area (Å²) < 4.78 is 16.4. The minimum atomic E-state index is -0.347. The third-order valence-electron chi connectivity index (χ3n) is 5.20. The van der Waals surface area contributed by atoms with E-state index in [9.17, 15) is 9.59 Å². The second-order valence-corrected chi connectivity index (χ2v) is 7.06. The van der Waals surface area contributed by atoms with E-state index in [1.165, 1.54) is 6.92 Å². The minimum absolute atomic E-state index is 0.0521. The summed E-state index contributed by atoms with van der Waals surface area (Å²) in [7, 11) is 1.61. The number of amides is 2. The van der Waals surface area contributed by atoms with Crippen LogP contribution in [0.5, 0.6) is 5.75 Å². The van der Waals surface area contributed by atoms with Crippen LogP contribution in [0.25, 0.3) is 0 Å². The van der Waals surface area contributed by atoms with Gasteiger partial charge in [0.05, 0.1) is 32.8 Å². The van der Waals surface area contributed by atoms with E-state index in [-0.39, 0.29) is 30.6 Å². The Kier molecular flexibility index (Phi) is 6.68. The SMILES string of the molecule is COc1ccc(C(CC(=O)N2CCC(C3OCCO3)CC2)NC(C)=O)cc1. The first-order valence-electron chi connectivity index (χ1n) is 9.49. The lowest BCUT2D eigenvalue weighted by Gasteiger charge is -2.34. The summed E-state index contributed by atoms with van der Waals surface area (Å²) in [6.07, 6.45) is 1.88. The molecule has 3 rings (SSSR count). The quantitative estimate of drug-likeness (QED) is 0.820. The number of benzene rings is 1. The van der Waals surface area contributed by atoms with Gasteiger partial charge in [-0.1, -0.05) is 12.1 Å². The molecule has 0 bridgehead atoms. The van der Waals surface area contributed by atoms with Gasteiger partial charge in [-0.2, -0.15) is 0 Å². The Labute approximate surface area is 160 Å². The first-order valence-corrected chi connectivity index (χ1v) is 9.49. The van der Waals surface area contributed by atoms with Crippen molar-refractivity contribution in [3.8, 4) is 5.75 Å². The summed E-state index contributed by atoms with van der Waals surface area (Å²) in [5.74, 6) is 0.989. The average Bonchev–Trinajstić information content (AvgIpc) is 3.22. The summed E-state index contributed by atoms with van der Waals surface area (Å²) in [5, 5.41) is 2.89. The van der Waals surface area contributed by atoms with Gasteiger partial charge >= 0.3 is 0 Å². The van der Waals surface area contributed by atoms with Crippen molar-refractivity contribution in [3.05, 3.63) is 29.8 Å². The van der Waals surface area contributed by atoms with Crippen LogP contribution in [0.1, 0.15) is 37.8 Å². The summed E-state index contributed by atoms with van der Waals surface area (Å²) in [4.78, 5) is 26.3. The number of hydrogen-bond acceptors (Lipinski definition) is 5. The number of likely N-dealkylation sites (tertiary alicyclic amines) is 1. The first-order chi connectivity index (χ1) is 13.1. The maximum absolute atomic E-state index is 12.8. The number of carbonyl (C=O) groups is 2. The van der Waals surface area contributed by atoms with Gasteiger partial charge in [-0.3, -0.25) is 9.59 Å². The molecule has 2 amide bonds. The first kappa shape index (κ1) is 19.6. The van der Waals surface area contributed by atoms with Gasteiger partial charge in [-0.15, -0.1) is 0 Å². The number of hydrogen-bond donors (Lipinski definition) is 1. The number of piperidine rings is 1. The van der Waals surface area contributed by atoms with Gasteiger partial charge < -0.3 is 24.4 Å². The van der Waals surface area contributed by atoms with Crippen molar-refractivity contribution in [1.82, 2.24) is 10.2 Å². The predicted molar refractivity (Wildman–Crippen MR) is 99.2 cm³/mol. The molecule has 2 aliphatic rings. The second kappa shape index (κ2) is 9.19. The van der Waals surface area contributed by atoms with E-state index in [4.69, 9.17) is 14.2 Å². The third-order valence-corrected chi connectivity index (χ3v) is 5.20. The van der Waals surface area contributed by atoms with Gasteiger partial charge in [0.15, 0.2) is 6.29 Å². The molecular weight excluding hydrogens is 348 g/mol. The minimum Gasteiger partial charge on any atom is -0.497 e. The molecule has 2 aliphatic heterocycles. The van der Waals surface area contributed by atoms with Crippen LogP contribution in [0, 0.1) is 5.92 Å². The molecule has 1 aromatic carbocycles. The Balaban J connectivity index is 1.58. The average molecular weight is 376 g/mol. The van der Waals surface area contributed by atoms with Crippen LogP contribution in [0.2, 0.25) is 0 Å². The number of ether oxygens (including phenoxy) is 3. The fourth-order valence-corrected chi connectivity index (χ4v) is 3.71. The van der Waals surface area contributed by atoms with Crippen LogP contribution >= 0.6 is 0 Å². The van der Waals surface area contributed by atoms with Crippen LogP contribution in [-0.2, 0) is 19.1 Å². The number of rotatable bonds is 6. The largest absolute Gasteiger partial charge is 0.497 e. The van der Waals surface area contributed by atoms with Crippen molar-refractivity contribution in [1.29, 1.82) is 0 Å². The van der Waals surface area contributed by atoms with Crippen molar-refractivity contribution in [2.75, 3.05) is 33.4 Å². The number of carbonyl (C=O) groups excluding carboxylic acids is 2. The molecule has 0 saturated carbocycles. The molecule has 1 N–H and O–H groups in total. The summed E-state index contributed by atoms with van der Waals surface area (Å²) >= 11 is 0. The molecule has 2 heterocycles. The summed E-state index contributed by atoms with van der Waals surface area (Å²) in [6, 6.07) is 7.09. The standard InChI is InChI=1S/C20H28N2O5/c1-14(23)21-18(15-3-5-17(25-2)6-4-15)13-19(24)22-9-7-16(8-10-22)20-26-11-12-27-20/h3-6,16,18,20H,7-13H2,1-2H3,(H,21,23). The molecule has 1 atom stereocenters. The highest BCUT2D eigenvalue weighted by molar-refractivity contribution is 5.79. The predicted octanol–water partition coefficient (Wildman–Crippen LogP) is 1.87. The highest BCUT2D eigenvalue weighted by Gasteiger charge is 2.32. The van der Waals surface area contributed by atoms with E-state index in [0.717, 1.165) is 24.2 Å². The highest BCUT2D eigenvalue weighted by atomic mass is 16.7. The monoisotopic (exact) mass is 376 g/mol. The molecule has 0 aliphatic carbocycles. The summed E-state index contributed by atoms with van der Waals surface area (Å²) in [5.41, 5.74) is 0.891. The van der Waals surface area contributed by atoms with E-state index in [1.807, 2.05) is 29.2 Å². The Morgan fingerprint density at radius 1 is 1.19 bits per heavy atom. The fourth-order valence-electron chi connectivity index (χ4n) is 3.71. The summed E-state index contributed by atoms with van der Waals surface area (Å²) in [6.45, 7) is 4.17. The van der Waals surface area contributed by atoms with Gasteiger partial charge in [0.2, 0.25) is 11.8 Å². The highest BCUT2D eigenvalue weighted by Crippen LogP contribution is 2.27. The normalized spacial score (nSPS) is 19.7. The van der Waals surface area contributed by atoms with Gasteiger partial charge in [0.1, 0.15) is 5.75 Å². The Bertz CT molecular complexity index is 634. The molecule has 1 unspecified atom stereocenters. The molecular formula is C20H28N2O5. The van der Waals surface area contributed by atoms with Crippen LogP contribution < -0.4 is 10.1 Å². The van der Waals surface area contributed by atoms with Crippen molar-refractivity contribution in [2.24, 2.45) is 5.92 Å². The molecule has 0 aromatic heterocycles. The van der Waals surface area contributed by atoms with Crippen LogP contribution in [0.15, 0.2) is 24.3 Å². The second-order valence-electron chi connectivity index (χ2n) is 7.06. The molecule has 7 nitrogen and oxygen atoms in total. The Morgan fingerprint density at radius 2 is 1.81 bits per heavy atom. The van der Waals surface area contributed by atoms with Crippen molar-refractivity contribution in [2.45, 2.75) is 38.5 Å². The molecule has 2 saturated heterocycles. The lowest BCUT2D eigenvalue weighted by Crippen LogP contribution is -2.43.